The van der Waals surface area contributed by atoms with Crippen molar-refractivity contribution in [3.05, 3.63) is 10.8 Å². The van der Waals surface area contributed by atoms with Gasteiger partial charge in [-0.2, -0.15) is 17.7 Å². The van der Waals surface area contributed by atoms with Crippen molar-refractivity contribution in [2.24, 2.45) is 0 Å². The van der Waals surface area contributed by atoms with Crippen molar-refractivity contribution < 1.29 is 27.4 Å². The van der Waals surface area contributed by atoms with Crippen LogP contribution in [0.5, 0.6) is 0 Å². The number of ether oxygens (including phenoxy) is 2. The van der Waals surface area contributed by atoms with Gasteiger partial charge in [-0.1, -0.05) is 11.3 Å². The molecule has 0 N–H and O–H groups in total. The fourth-order valence-electron chi connectivity index (χ4n) is 2.85. The SMILES string of the molecule is O=C(c1nn2c(C(F)(F)F)nnc2s1)N1CCC2(CC1)OCCO2. The second-order valence-electron chi connectivity index (χ2n) is 5.52. The summed E-state index contributed by atoms with van der Waals surface area (Å²) >= 11 is 0.784. The molecule has 2 aromatic rings. The molecule has 2 aromatic heterocycles. The largest absolute Gasteiger partial charge is 0.453 e. The predicted octanol–water partition coefficient (Wildman–Crippen LogP) is 1.18. The van der Waals surface area contributed by atoms with Crippen LogP contribution in [0.15, 0.2) is 0 Å². The fourth-order valence-corrected chi connectivity index (χ4v) is 3.66. The molecule has 2 fully saturated rings. The van der Waals surface area contributed by atoms with E-state index in [-0.39, 0.29) is 9.97 Å². The summed E-state index contributed by atoms with van der Waals surface area (Å²) in [4.78, 5) is 14.0. The monoisotopic (exact) mass is 363 g/mol. The van der Waals surface area contributed by atoms with Gasteiger partial charge in [0.05, 0.1) is 13.2 Å². The van der Waals surface area contributed by atoms with Crippen molar-refractivity contribution in [1.29, 1.82) is 0 Å². The van der Waals surface area contributed by atoms with Gasteiger partial charge >= 0.3 is 6.18 Å². The number of carbonyl (C=O) groups excluding carboxylic acids is 1. The van der Waals surface area contributed by atoms with Gasteiger partial charge in [0, 0.05) is 25.9 Å². The lowest BCUT2D eigenvalue weighted by Crippen LogP contribution is -2.47. The van der Waals surface area contributed by atoms with E-state index in [0.717, 1.165) is 11.3 Å². The maximum Gasteiger partial charge on any atom is 0.453 e. The van der Waals surface area contributed by atoms with Crippen molar-refractivity contribution in [3.8, 4) is 0 Å². The average Bonchev–Trinajstić information content (AvgIpc) is 3.21. The van der Waals surface area contributed by atoms with Crippen LogP contribution < -0.4 is 0 Å². The maximum atomic E-state index is 12.8. The molecule has 1 spiro atoms. The highest BCUT2D eigenvalue weighted by molar-refractivity contribution is 7.18. The molecule has 24 heavy (non-hydrogen) atoms. The van der Waals surface area contributed by atoms with E-state index in [9.17, 15) is 18.0 Å². The molecule has 8 nitrogen and oxygen atoms in total. The van der Waals surface area contributed by atoms with Gasteiger partial charge in [0.15, 0.2) is 5.79 Å². The first-order chi connectivity index (χ1) is 11.4. The summed E-state index contributed by atoms with van der Waals surface area (Å²) in [5.41, 5.74) is 0. The second-order valence-corrected chi connectivity index (χ2v) is 6.48. The molecule has 0 unspecified atom stereocenters. The van der Waals surface area contributed by atoms with Crippen molar-refractivity contribution >= 4 is 22.2 Å². The molecule has 12 heteroatoms. The minimum Gasteiger partial charge on any atom is -0.347 e. The number of likely N-dealkylation sites (tertiary alicyclic amines) is 1. The first-order valence-corrected chi connectivity index (χ1v) is 8.06. The van der Waals surface area contributed by atoms with Crippen LogP contribution in [0.3, 0.4) is 0 Å². The standard InChI is InChI=1S/C12H12F3N5O3S/c13-12(14,15)9-16-17-10-20(9)18-7(24-10)8(21)19-3-1-11(2-4-19)22-5-6-23-11/h1-6H2. The zero-order valence-electron chi connectivity index (χ0n) is 12.2. The highest BCUT2D eigenvalue weighted by atomic mass is 32.1. The third-order valence-electron chi connectivity index (χ3n) is 4.05. The molecule has 4 heterocycles. The predicted molar refractivity (Wildman–Crippen MR) is 73.4 cm³/mol. The van der Waals surface area contributed by atoms with Crippen LogP contribution in [0.2, 0.25) is 0 Å². The summed E-state index contributed by atoms with van der Waals surface area (Å²) in [6.45, 7) is 1.85. The first-order valence-electron chi connectivity index (χ1n) is 7.25. The van der Waals surface area contributed by atoms with E-state index in [4.69, 9.17) is 9.47 Å². The van der Waals surface area contributed by atoms with Gasteiger partial charge in [0.2, 0.25) is 9.97 Å². The maximum absolute atomic E-state index is 12.8. The molecule has 2 aliphatic heterocycles. The van der Waals surface area contributed by atoms with Crippen LogP contribution in [-0.2, 0) is 15.7 Å². The quantitative estimate of drug-likeness (QED) is 0.757. The Hall–Kier alpha value is -1.79. The molecular weight excluding hydrogens is 351 g/mol. The smallest absolute Gasteiger partial charge is 0.347 e. The van der Waals surface area contributed by atoms with E-state index in [1.54, 1.807) is 0 Å². The summed E-state index contributed by atoms with van der Waals surface area (Å²) < 4.78 is 50.1. The number of amides is 1. The second kappa shape index (κ2) is 5.36. The van der Waals surface area contributed by atoms with E-state index in [0.29, 0.717) is 43.7 Å². The van der Waals surface area contributed by atoms with Crippen molar-refractivity contribution in [3.63, 3.8) is 0 Å². The Morgan fingerprint density at radius 2 is 1.83 bits per heavy atom. The van der Waals surface area contributed by atoms with Crippen molar-refractivity contribution in [1.82, 2.24) is 24.7 Å². The topological polar surface area (TPSA) is 81.9 Å². The number of aromatic nitrogens is 4. The molecular formula is C12H12F3N5O3S. The molecule has 0 aromatic carbocycles. The van der Waals surface area contributed by atoms with Gasteiger partial charge in [-0.25, -0.2) is 0 Å². The Kier molecular flexibility index (Phi) is 3.51. The zero-order chi connectivity index (χ0) is 16.9. The van der Waals surface area contributed by atoms with Crippen LogP contribution in [0.4, 0.5) is 13.2 Å². The first kappa shape index (κ1) is 15.7. The van der Waals surface area contributed by atoms with Crippen molar-refractivity contribution in [2.45, 2.75) is 24.8 Å². The highest BCUT2D eigenvalue weighted by Gasteiger charge is 2.42. The Morgan fingerprint density at radius 3 is 2.46 bits per heavy atom. The summed E-state index contributed by atoms with van der Waals surface area (Å²) in [7, 11) is 0. The molecule has 0 bridgehead atoms. The van der Waals surface area contributed by atoms with E-state index in [2.05, 4.69) is 15.3 Å². The lowest BCUT2D eigenvalue weighted by Gasteiger charge is -2.37. The number of carbonyl (C=O) groups is 1. The summed E-state index contributed by atoms with van der Waals surface area (Å²) in [6, 6.07) is 0. The number of halogens is 3. The number of rotatable bonds is 1. The van der Waals surface area contributed by atoms with Crippen LogP contribution in [0.1, 0.15) is 28.5 Å². The number of piperidine rings is 1. The van der Waals surface area contributed by atoms with Gasteiger partial charge in [0.25, 0.3) is 11.7 Å². The van der Waals surface area contributed by atoms with Crippen LogP contribution >= 0.6 is 11.3 Å². The average molecular weight is 363 g/mol. The normalized spacial score (nSPS) is 21.0. The zero-order valence-corrected chi connectivity index (χ0v) is 13.1. The lowest BCUT2D eigenvalue weighted by atomic mass is 10.0. The lowest BCUT2D eigenvalue weighted by molar-refractivity contribution is -0.181. The van der Waals surface area contributed by atoms with Gasteiger partial charge in [0.1, 0.15) is 0 Å². The van der Waals surface area contributed by atoms with E-state index in [1.165, 1.54) is 4.90 Å². The summed E-state index contributed by atoms with van der Waals surface area (Å²) in [5.74, 6) is -2.29. The van der Waals surface area contributed by atoms with E-state index in [1.807, 2.05) is 0 Å². The van der Waals surface area contributed by atoms with Crippen LogP contribution in [0, 0.1) is 0 Å². The Bertz CT molecular complexity index is 773. The molecule has 0 saturated carbocycles. The van der Waals surface area contributed by atoms with Gasteiger partial charge in [-0.3, -0.25) is 4.79 Å². The molecule has 2 saturated heterocycles. The number of hydrogen-bond donors (Lipinski definition) is 0. The molecule has 130 valence electrons. The minimum absolute atomic E-state index is 0.0467. The third-order valence-corrected chi connectivity index (χ3v) is 4.94. The van der Waals surface area contributed by atoms with Crippen molar-refractivity contribution in [2.75, 3.05) is 26.3 Å². The summed E-state index contributed by atoms with van der Waals surface area (Å²) in [5, 5.41) is 10.2. The number of nitrogens with zero attached hydrogens (tertiary/aromatic N) is 5. The molecule has 4 rings (SSSR count). The van der Waals surface area contributed by atoms with Crippen LogP contribution in [-0.4, -0.2) is 62.7 Å². The summed E-state index contributed by atoms with van der Waals surface area (Å²) in [6.07, 6.45) is -3.63. The van der Waals surface area contributed by atoms with E-state index < -0.39 is 23.7 Å². The molecule has 2 aliphatic rings. The Balaban J connectivity index is 1.53. The van der Waals surface area contributed by atoms with E-state index >= 15 is 0 Å². The van der Waals surface area contributed by atoms with Gasteiger partial charge in [-0.05, 0) is 0 Å². The Labute approximate surface area is 137 Å². The van der Waals surface area contributed by atoms with Crippen LogP contribution in [0.25, 0.3) is 4.96 Å². The highest BCUT2D eigenvalue weighted by Crippen LogP contribution is 2.33. The molecule has 1 amide bonds. The molecule has 0 radical (unpaired) electrons. The van der Waals surface area contributed by atoms with Gasteiger partial charge < -0.3 is 14.4 Å². The fraction of sp³-hybridized carbons (Fsp3) is 0.667. The molecule has 0 aliphatic carbocycles. The van der Waals surface area contributed by atoms with Gasteiger partial charge in [-0.15, -0.1) is 15.3 Å². The Morgan fingerprint density at radius 1 is 1.17 bits per heavy atom. The minimum atomic E-state index is -4.68. The third kappa shape index (κ3) is 2.54. The number of hydrogen-bond acceptors (Lipinski definition) is 7. The number of fused-ring (bicyclic) bond motifs is 1. The molecule has 0 atom stereocenters. The number of alkyl halides is 3.